The molecule has 0 atom stereocenters. The Labute approximate surface area is 144 Å². The van der Waals surface area contributed by atoms with Gasteiger partial charge in [-0.15, -0.1) is 11.3 Å². The van der Waals surface area contributed by atoms with Crippen molar-refractivity contribution in [2.45, 2.75) is 13.3 Å². The number of aromatic nitrogens is 2. The SMILES string of the molecule is CCc1ccc(-c2csc(NC(=O)/C=C/c3ccncc3)n2)cc1. The fourth-order valence-electron chi connectivity index (χ4n) is 2.17. The molecular weight excluding hydrogens is 318 g/mol. The first kappa shape index (κ1) is 16.1. The number of rotatable bonds is 5. The van der Waals surface area contributed by atoms with E-state index >= 15 is 0 Å². The molecule has 0 aliphatic rings. The molecule has 0 unspecified atom stereocenters. The maximum Gasteiger partial charge on any atom is 0.250 e. The number of benzene rings is 1. The molecule has 1 aromatic carbocycles. The first-order valence-electron chi connectivity index (χ1n) is 7.68. The van der Waals surface area contributed by atoms with E-state index < -0.39 is 0 Å². The third-order valence-electron chi connectivity index (χ3n) is 3.53. The predicted molar refractivity (Wildman–Crippen MR) is 98.8 cm³/mol. The summed E-state index contributed by atoms with van der Waals surface area (Å²) >= 11 is 1.42. The quantitative estimate of drug-likeness (QED) is 0.702. The molecule has 0 saturated carbocycles. The molecule has 0 bridgehead atoms. The van der Waals surface area contributed by atoms with E-state index in [0.29, 0.717) is 5.13 Å². The summed E-state index contributed by atoms with van der Waals surface area (Å²) < 4.78 is 0. The van der Waals surface area contributed by atoms with Gasteiger partial charge in [-0.25, -0.2) is 4.98 Å². The van der Waals surface area contributed by atoms with Gasteiger partial charge in [-0.05, 0) is 35.8 Å². The molecule has 24 heavy (non-hydrogen) atoms. The first-order valence-corrected chi connectivity index (χ1v) is 8.56. The Kier molecular flexibility index (Phi) is 5.13. The van der Waals surface area contributed by atoms with Crippen LogP contribution in [0.15, 0.2) is 60.2 Å². The van der Waals surface area contributed by atoms with E-state index in [1.54, 1.807) is 18.5 Å². The van der Waals surface area contributed by atoms with Gasteiger partial charge in [0.25, 0.3) is 0 Å². The second-order valence-corrected chi connectivity index (χ2v) is 6.05. The lowest BCUT2D eigenvalue weighted by Crippen LogP contribution is -2.07. The number of hydrogen-bond acceptors (Lipinski definition) is 4. The van der Waals surface area contributed by atoms with Crippen LogP contribution in [0.25, 0.3) is 17.3 Å². The number of amides is 1. The third kappa shape index (κ3) is 4.14. The summed E-state index contributed by atoms with van der Waals surface area (Å²) in [6.45, 7) is 2.13. The molecule has 0 fully saturated rings. The molecule has 0 aliphatic carbocycles. The van der Waals surface area contributed by atoms with Crippen LogP contribution in [-0.2, 0) is 11.2 Å². The molecule has 1 N–H and O–H groups in total. The van der Waals surface area contributed by atoms with Crippen LogP contribution in [0.5, 0.6) is 0 Å². The number of thiazole rings is 1. The molecule has 0 radical (unpaired) electrons. The van der Waals surface area contributed by atoms with E-state index in [0.717, 1.165) is 23.2 Å². The van der Waals surface area contributed by atoms with Gasteiger partial charge in [0.1, 0.15) is 0 Å². The second kappa shape index (κ2) is 7.66. The zero-order valence-electron chi connectivity index (χ0n) is 13.3. The smallest absolute Gasteiger partial charge is 0.250 e. The van der Waals surface area contributed by atoms with Crippen molar-refractivity contribution in [1.82, 2.24) is 9.97 Å². The van der Waals surface area contributed by atoms with Gasteiger partial charge >= 0.3 is 0 Å². The summed E-state index contributed by atoms with van der Waals surface area (Å²) in [4.78, 5) is 20.4. The van der Waals surface area contributed by atoms with Crippen LogP contribution < -0.4 is 5.32 Å². The highest BCUT2D eigenvalue weighted by atomic mass is 32.1. The number of aryl methyl sites for hydroxylation is 1. The number of anilines is 1. The van der Waals surface area contributed by atoms with Gasteiger partial charge < -0.3 is 0 Å². The number of nitrogens with one attached hydrogen (secondary N) is 1. The Balaban J connectivity index is 1.65. The Morgan fingerprint density at radius 1 is 1.17 bits per heavy atom. The topological polar surface area (TPSA) is 54.9 Å². The van der Waals surface area contributed by atoms with Crippen molar-refractivity contribution < 1.29 is 4.79 Å². The minimum atomic E-state index is -0.200. The van der Waals surface area contributed by atoms with Gasteiger partial charge in [-0.1, -0.05) is 31.2 Å². The summed E-state index contributed by atoms with van der Waals surface area (Å²) in [5.41, 5.74) is 4.15. The number of hydrogen-bond donors (Lipinski definition) is 1. The third-order valence-corrected chi connectivity index (χ3v) is 4.28. The molecule has 3 rings (SSSR count). The monoisotopic (exact) mass is 335 g/mol. The highest BCUT2D eigenvalue weighted by Crippen LogP contribution is 2.25. The Bertz CT molecular complexity index is 839. The van der Waals surface area contributed by atoms with Crippen molar-refractivity contribution in [1.29, 1.82) is 0 Å². The average Bonchev–Trinajstić information content (AvgIpc) is 3.09. The Morgan fingerprint density at radius 3 is 2.62 bits per heavy atom. The van der Waals surface area contributed by atoms with E-state index in [1.165, 1.54) is 23.0 Å². The van der Waals surface area contributed by atoms with Crippen LogP contribution in [-0.4, -0.2) is 15.9 Å². The van der Waals surface area contributed by atoms with Crippen molar-refractivity contribution in [3.63, 3.8) is 0 Å². The van der Waals surface area contributed by atoms with E-state index in [2.05, 4.69) is 46.5 Å². The van der Waals surface area contributed by atoms with Crippen LogP contribution in [0.2, 0.25) is 0 Å². The van der Waals surface area contributed by atoms with Crippen LogP contribution in [0.3, 0.4) is 0 Å². The number of carbonyl (C=O) groups is 1. The molecule has 5 heteroatoms. The number of nitrogens with zero attached hydrogens (tertiary/aromatic N) is 2. The summed E-state index contributed by atoms with van der Waals surface area (Å²) in [6, 6.07) is 12.0. The normalized spacial score (nSPS) is 10.9. The number of pyridine rings is 1. The lowest BCUT2D eigenvalue weighted by molar-refractivity contribution is -0.111. The zero-order valence-corrected chi connectivity index (χ0v) is 14.1. The lowest BCUT2D eigenvalue weighted by Gasteiger charge is -1.99. The van der Waals surface area contributed by atoms with E-state index in [4.69, 9.17) is 0 Å². The molecule has 4 nitrogen and oxygen atoms in total. The molecule has 0 aliphatic heterocycles. The van der Waals surface area contributed by atoms with Crippen molar-refractivity contribution in [3.05, 3.63) is 71.4 Å². The first-order chi connectivity index (χ1) is 11.7. The van der Waals surface area contributed by atoms with E-state index in [9.17, 15) is 4.79 Å². The second-order valence-electron chi connectivity index (χ2n) is 5.19. The van der Waals surface area contributed by atoms with E-state index in [1.807, 2.05) is 17.5 Å². The summed E-state index contributed by atoms with van der Waals surface area (Å²) in [7, 11) is 0. The molecule has 120 valence electrons. The largest absolute Gasteiger partial charge is 0.298 e. The van der Waals surface area contributed by atoms with Gasteiger partial charge in [0.2, 0.25) is 5.91 Å². The van der Waals surface area contributed by atoms with Crippen LogP contribution in [0.4, 0.5) is 5.13 Å². The fourth-order valence-corrected chi connectivity index (χ4v) is 2.89. The van der Waals surface area contributed by atoms with Crippen molar-refractivity contribution in [2.75, 3.05) is 5.32 Å². The summed E-state index contributed by atoms with van der Waals surface area (Å²) in [5, 5.41) is 5.33. The van der Waals surface area contributed by atoms with Crippen LogP contribution in [0.1, 0.15) is 18.1 Å². The maximum atomic E-state index is 12.0. The van der Waals surface area contributed by atoms with Crippen molar-refractivity contribution in [3.8, 4) is 11.3 Å². The van der Waals surface area contributed by atoms with Crippen LogP contribution >= 0.6 is 11.3 Å². The summed E-state index contributed by atoms with van der Waals surface area (Å²) in [6.07, 6.45) is 7.63. The van der Waals surface area contributed by atoms with Crippen molar-refractivity contribution >= 4 is 28.5 Å². The van der Waals surface area contributed by atoms with Gasteiger partial charge in [-0.3, -0.25) is 15.1 Å². The van der Waals surface area contributed by atoms with Gasteiger partial charge in [0.05, 0.1) is 5.69 Å². The minimum absolute atomic E-state index is 0.200. The Morgan fingerprint density at radius 2 is 1.92 bits per heavy atom. The molecule has 2 heterocycles. The fraction of sp³-hybridized carbons (Fsp3) is 0.105. The number of carbonyl (C=O) groups excluding carboxylic acids is 1. The molecule has 0 saturated heterocycles. The van der Waals surface area contributed by atoms with Gasteiger partial charge in [0, 0.05) is 29.4 Å². The molecule has 2 aromatic heterocycles. The highest BCUT2D eigenvalue weighted by Gasteiger charge is 2.06. The standard InChI is InChI=1S/C19H17N3OS/c1-2-14-3-6-16(7-4-14)17-13-24-19(21-17)22-18(23)8-5-15-9-11-20-12-10-15/h3-13H,2H2,1H3,(H,21,22,23)/b8-5+. The highest BCUT2D eigenvalue weighted by molar-refractivity contribution is 7.14. The molecule has 0 spiro atoms. The van der Waals surface area contributed by atoms with Crippen molar-refractivity contribution in [2.24, 2.45) is 0 Å². The van der Waals surface area contributed by atoms with Crippen LogP contribution in [0, 0.1) is 0 Å². The Hall–Kier alpha value is -2.79. The average molecular weight is 335 g/mol. The molecule has 3 aromatic rings. The maximum absolute atomic E-state index is 12.0. The molecule has 1 amide bonds. The predicted octanol–water partition coefficient (Wildman–Crippen LogP) is 4.42. The minimum Gasteiger partial charge on any atom is -0.298 e. The lowest BCUT2D eigenvalue weighted by atomic mass is 10.1. The summed E-state index contributed by atoms with van der Waals surface area (Å²) in [5.74, 6) is -0.200. The van der Waals surface area contributed by atoms with Gasteiger partial charge in [-0.2, -0.15) is 0 Å². The zero-order chi connectivity index (χ0) is 16.8. The van der Waals surface area contributed by atoms with Gasteiger partial charge in [0.15, 0.2) is 5.13 Å². The van der Waals surface area contributed by atoms with E-state index in [-0.39, 0.29) is 5.91 Å². The molecular formula is C19H17N3OS.